The highest BCUT2D eigenvalue weighted by atomic mass is 19.4. The van der Waals surface area contributed by atoms with E-state index in [1.807, 2.05) is 6.07 Å². The topological polar surface area (TPSA) is 37.3 Å². The maximum absolute atomic E-state index is 12.8. The number of aromatic nitrogens is 1. The predicted molar refractivity (Wildman–Crippen MR) is 87.5 cm³/mol. The molecule has 1 aromatic carbocycles. The van der Waals surface area contributed by atoms with E-state index in [0.29, 0.717) is 17.2 Å². The van der Waals surface area contributed by atoms with Crippen molar-refractivity contribution in [2.45, 2.75) is 31.6 Å². The van der Waals surface area contributed by atoms with Crippen molar-refractivity contribution in [1.82, 2.24) is 9.47 Å². The van der Waals surface area contributed by atoms with Crippen LogP contribution in [-0.4, -0.2) is 48.1 Å². The average Bonchev–Trinajstić information content (AvgIpc) is 2.87. The molecule has 0 radical (unpaired) electrons. The number of likely N-dealkylation sites (tertiary alicyclic amines) is 1. The van der Waals surface area contributed by atoms with E-state index in [2.05, 4.69) is 17.3 Å². The van der Waals surface area contributed by atoms with Crippen LogP contribution in [-0.2, 0) is 6.54 Å². The molecule has 4 nitrogen and oxygen atoms in total. The Bertz CT molecular complexity index is 730. The van der Waals surface area contributed by atoms with Crippen molar-refractivity contribution < 1.29 is 18.0 Å². The van der Waals surface area contributed by atoms with Gasteiger partial charge in [-0.25, -0.2) is 0 Å². The molecule has 3 rings (SSSR count). The van der Waals surface area contributed by atoms with Gasteiger partial charge in [-0.1, -0.05) is 6.07 Å². The number of nitrogens with one attached hydrogen (secondary N) is 1. The Morgan fingerprint density at radius 3 is 2.62 bits per heavy atom. The molecule has 0 unspecified atom stereocenters. The fourth-order valence-electron chi connectivity index (χ4n) is 3.26. The molecule has 1 N–H and O–H groups in total. The molecule has 2 heterocycles. The first-order chi connectivity index (χ1) is 11.4. The lowest BCUT2D eigenvalue weighted by Crippen LogP contribution is -2.36. The van der Waals surface area contributed by atoms with Crippen molar-refractivity contribution in [2.24, 2.45) is 0 Å². The standard InChI is InChI=1S/C17H20F3N3O/c1-22-7-5-12(6-8-22)21-15-3-2-4-16-14(15)9-13(10-24)23(16)11-17(18,19)20/h2-4,9-10,12,21H,5-8,11H2,1H3. The molecule has 7 heteroatoms. The Kier molecular flexibility index (Phi) is 4.54. The first kappa shape index (κ1) is 16.8. The van der Waals surface area contributed by atoms with Gasteiger partial charge in [0.05, 0.1) is 11.2 Å². The van der Waals surface area contributed by atoms with E-state index in [1.165, 1.54) is 6.07 Å². The lowest BCUT2D eigenvalue weighted by atomic mass is 10.0. The first-order valence-corrected chi connectivity index (χ1v) is 7.96. The minimum atomic E-state index is -4.37. The Balaban J connectivity index is 1.94. The summed E-state index contributed by atoms with van der Waals surface area (Å²) in [5, 5.41) is 4.09. The van der Waals surface area contributed by atoms with Crippen LogP contribution in [0.25, 0.3) is 10.9 Å². The Hall–Kier alpha value is -2.02. The van der Waals surface area contributed by atoms with Gasteiger partial charge in [-0.2, -0.15) is 13.2 Å². The number of aldehydes is 1. The second kappa shape index (κ2) is 6.47. The highest BCUT2D eigenvalue weighted by molar-refractivity contribution is 5.97. The number of anilines is 1. The van der Waals surface area contributed by atoms with Gasteiger partial charge in [0.25, 0.3) is 0 Å². The van der Waals surface area contributed by atoms with E-state index in [0.717, 1.165) is 36.2 Å². The Morgan fingerprint density at radius 2 is 2.00 bits per heavy atom. The molecule has 0 bridgehead atoms. The second-order valence-electron chi connectivity index (χ2n) is 6.35. The molecule has 130 valence electrons. The molecule has 1 aromatic heterocycles. The van der Waals surface area contributed by atoms with Crippen LogP contribution in [0, 0.1) is 0 Å². The van der Waals surface area contributed by atoms with Gasteiger partial charge in [0.15, 0.2) is 6.29 Å². The normalized spacial score (nSPS) is 17.3. The fraction of sp³-hybridized carbons (Fsp3) is 0.471. The van der Waals surface area contributed by atoms with Gasteiger partial charge in [-0.3, -0.25) is 4.79 Å². The summed E-state index contributed by atoms with van der Waals surface area (Å²) in [4.78, 5) is 13.5. The number of halogens is 3. The van der Waals surface area contributed by atoms with Gasteiger partial charge in [0, 0.05) is 17.1 Å². The number of carbonyl (C=O) groups excluding carboxylic acids is 1. The molecule has 1 aliphatic rings. The Labute approximate surface area is 138 Å². The van der Waals surface area contributed by atoms with Crippen molar-refractivity contribution in [2.75, 3.05) is 25.5 Å². The quantitative estimate of drug-likeness (QED) is 0.866. The molecule has 0 aliphatic carbocycles. The molecule has 0 amide bonds. The van der Waals surface area contributed by atoms with Gasteiger partial charge in [0.2, 0.25) is 0 Å². The molecule has 0 atom stereocenters. The van der Waals surface area contributed by atoms with Gasteiger partial charge in [-0.15, -0.1) is 0 Å². The number of rotatable bonds is 4. The third kappa shape index (κ3) is 3.56. The number of carbonyl (C=O) groups is 1. The summed E-state index contributed by atoms with van der Waals surface area (Å²) in [6.07, 6.45) is -1.93. The fourth-order valence-corrected chi connectivity index (χ4v) is 3.26. The molecule has 1 aliphatic heterocycles. The average molecular weight is 339 g/mol. The van der Waals surface area contributed by atoms with Crippen molar-refractivity contribution in [3.63, 3.8) is 0 Å². The number of hydrogen-bond donors (Lipinski definition) is 1. The van der Waals surface area contributed by atoms with Crippen LogP contribution in [0.2, 0.25) is 0 Å². The summed E-state index contributed by atoms with van der Waals surface area (Å²) >= 11 is 0. The van der Waals surface area contributed by atoms with Crippen molar-refractivity contribution in [3.8, 4) is 0 Å². The van der Waals surface area contributed by atoms with Crippen LogP contribution in [0.15, 0.2) is 24.3 Å². The van der Waals surface area contributed by atoms with Crippen molar-refractivity contribution in [1.29, 1.82) is 0 Å². The third-order valence-corrected chi connectivity index (χ3v) is 4.51. The second-order valence-corrected chi connectivity index (χ2v) is 6.35. The summed E-state index contributed by atoms with van der Waals surface area (Å²) < 4.78 is 39.5. The van der Waals surface area contributed by atoms with Gasteiger partial charge < -0.3 is 14.8 Å². The van der Waals surface area contributed by atoms with E-state index < -0.39 is 12.7 Å². The van der Waals surface area contributed by atoms with Gasteiger partial charge in [0.1, 0.15) is 6.54 Å². The SMILES string of the molecule is CN1CCC(Nc2cccc3c2cc(C=O)n3CC(F)(F)F)CC1. The highest BCUT2D eigenvalue weighted by Gasteiger charge is 2.30. The molecule has 24 heavy (non-hydrogen) atoms. The van der Waals surface area contributed by atoms with Gasteiger partial charge in [-0.05, 0) is 51.2 Å². The molecule has 1 fully saturated rings. The van der Waals surface area contributed by atoms with Crippen LogP contribution < -0.4 is 5.32 Å². The maximum Gasteiger partial charge on any atom is 0.406 e. The molecule has 1 saturated heterocycles. The maximum atomic E-state index is 12.8. The smallest absolute Gasteiger partial charge is 0.382 e. The lowest BCUT2D eigenvalue weighted by Gasteiger charge is -2.30. The number of benzene rings is 1. The third-order valence-electron chi connectivity index (χ3n) is 4.51. The van der Waals surface area contributed by atoms with Crippen LogP contribution >= 0.6 is 0 Å². The minimum absolute atomic E-state index is 0.0416. The number of alkyl halides is 3. The number of piperidine rings is 1. The number of hydrogen-bond acceptors (Lipinski definition) is 3. The van der Waals surface area contributed by atoms with E-state index >= 15 is 0 Å². The lowest BCUT2D eigenvalue weighted by molar-refractivity contribution is -0.140. The summed E-state index contributed by atoms with van der Waals surface area (Å²) in [6, 6.07) is 7.02. The number of fused-ring (bicyclic) bond motifs is 1. The van der Waals surface area contributed by atoms with E-state index in [4.69, 9.17) is 0 Å². The van der Waals surface area contributed by atoms with Gasteiger partial charge >= 0.3 is 6.18 Å². The van der Waals surface area contributed by atoms with Crippen molar-refractivity contribution >= 4 is 22.9 Å². The zero-order valence-electron chi connectivity index (χ0n) is 13.4. The molecule has 0 saturated carbocycles. The molecule has 2 aromatic rings. The Morgan fingerprint density at radius 1 is 1.29 bits per heavy atom. The summed E-state index contributed by atoms with van der Waals surface area (Å²) in [5.41, 5.74) is 1.25. The van der Waals surface area contributed by atoms with Crippen LogP contribution in [0.4, 0.5) is 18.9 Å². The predicted octanol–water partition coefficient (Wildman–Crippen LogP) is 3.52. The van der Waals surface area contributed by atoms with Crippen LogP contribution in [0.3, 0.4) is 0 Å². The first-order valence-electron chi connectivity index (χ1n) is 7.96. The zero-order chi connectivity index (χ0) is 17.3. The summed E-state index contributed by atoms with van der Waals surface area (Å²) in [7, 11) is 2.07. The van der Waals surface area contributed by atoms with E-state index in [9.17, 15) is 18.0 Å². The summed E-state index contributed by atoms with van der Waals surface area (Å²) in [6.45, 7) is 0.812. The van der Waals surface area contributed by atoms with Crippen LogP contribution in [0.5, 0.6) is 0 Å². The van der Waals surface area contributed by atoms with Crippen LogP contribution in [0.1, 0.15) is 23.3 Å². The van der Waals surface area contributed by atoms with E-state index in [-0.39, 0.29) is 11.7 Å². The monoisotopic (exact) mass is 339 g/mol. The van der Waals surface area contributed by atoms with Crippen molar-refractivity contribution in [3.05, 3.63) is 30.0 Å². The largest absolute Gasteiger partial charge is 0.406 e. The molecular weight excluding hydrogens is 319 g/mol. The molecular formula is C17H20F3N3O. The highest BCUT2D eigenvalue weighted by Crippen LogP contribution is 2.30. The summed E-state index contributed by atoms with van der Waals surface area (Å²) in [5.74, 6) is 0. The number of nitrogens with zero attached hydrogens (tertiary/aromatic N) is 2. The minimum Gasteiger partial charge on any atom is -0.382 e. The zero-order valence-corrected chi connectivity index (χ0v) is 13.4. The molecule has 0 spiro atoms. The van der Waals surface area contributed by atoms with E-state index in [1.54, 1.807) is 12.1 Å².